The van der Waals surface area contributed by atoms with Crippen molar-refractivity contribution in [1.82, 2.24) is 19.4 Å². The minimum Gasteiger partial charge on any atom is -0.492 e. The molecule has 0 atom stereocenters. The Morgan fingerprint density at radius 3 is 2.58 bits per heavy atom. The lowest BCUT2D eigenvalue weighted by atomic mass is 9.95. The summed E-state index contributed by atoms with van der Waals surface area (Å²) >= 11 is 0. The van der Waals surface area contributed by atoms with E-state index in [0.29, 0.717) is 12.6 Å². The minimum atomic E-state index is -0.0104. The first-order chi connectivity index (χ1) is 14.7. The number of morpholine rings is 1. The quantitative estimate of drug-likeness (QED) is 0.670. The monoisotopic (exact) mass is 448 g/mol. The van der Waals surface area contributed by atoms with E-state index in [1.165, 1.54) is 19.3 Å². The third-order valence-corrected chi connectivity index (χ3v) is 6.16. The normalized spacial score (nSPS) is 17.7. The maximum Gasteiger partial charge on any atom is 0.329 e. The van der Waals surface area contributed by atoms with Crippen molar-refractivity contribution in [2.24, 2.45) is 0 Å². The molecule has 1 aromatic carbocycles. The fraction of sp³-hybridized carbons (Fsp3) is 0.565. The second-order valence-corrected chi connectivity index (χ2v) is 8.18. The molecule has 1 aliphatic carbocycles. The minimum absolute atomic E-state index is 0. The number of hydrogen-bond acceptors (Lipinski definition) is 5. The molecule has 31 heavy (non-hydrogen) atoms. The van der Waals surface area contributed by atoms with Crippen molar-refractivity contribution >= 4 is 18.4 Å². The van der Waals surface area contributed by atoms with Crippen LogP contribution in [-0.2, 0) is 4.74 Å². The maximum atomic E-state index is 12.8. The lowest BCUT2D eigenvalue weighted by molar-refractivity contribution is 0.0322. The van der Waals surface area contributed by atoms with Gasteiger partial charge in [-0.25, -0.2) is 9.78 Å². The van der Waals surface area contributed by atoms with Gasteiger partial charge in [0.1, 0.15) is 18.7 Å². The second-order valence-electron chi connectivity index (χ2n) is 8.18. The molecule has 2 heterocycles. The number of imidazole rings is 1. The molecule has 7 nitrogen and oxygen atoms in total. The Balaban J connectivity index is 0.00000272. The Morgan fingerprint density at radius 2 is 1.87 bits per heavy atom. The first-order valence-electron chi connectivity index (χ1n) is 11.1. The highest BCUT2D eigenvalue weighted by atomic mass is 35.5. The first-order valence-corrected chi connectivity index (χ1v) is 11.1. The van der Waals surface area contributed by atoms with Gasteiger partial charge in [0, 0.05) is 44.5 Å². The zero-order chi connectivity index (χ0) is 20.8. The van der Waals surface area contributed by atoms with E-state index >= 15 is 0 Å². The number of hydrogen-bond donors (Lipinski definition) is 0. The van der Waals surface area contributed by atoms with Gasteiger partial charge in [0.2, 0.25) is 0 Å². The maximum absolute atomic E-state index is 12.8. The SMILES string of the molecule is CN(C(=O)n1cnc(-c2ccc(OCCN3CCOCC3)cc2)c1)C1CCCCC1.Cl. The summed E-state index contributed by atoms with van der Waals surface area (Å²) in [6, 6.07) is 8.24. The number of amides is 1. The van der Waals surface area contributed by atoms with Crippen molar-refractivity contribution in [3.8, 4) is 17.0 Å². The molecular weight excluding hydrogens is 416 g/mol. The molecule has 2 aromatic rings. The molecule has 0 unspecified atom stereocenters. The van der Waals surface area contributed by atoms with Gasteiger partial charge < -0.3 is 14.4 Å². The van der Waals surface area contributed by atoms with Crippen molar-refractivity contribution in [3.05, 3.63) is 36.8 Å². The van der Waals surface area contributed by atoms with E-state index in [-0.39, 0.29) is 18.4 Å². The topological polar surface area (TPSA) is 59.8 Å². The summed E-state index contributed by atoms with van der Waals surface area (Å²) in [4.78, 5) is 21.5. The summed E-state index contributed by atoms with van der Waals surface area (Å²) in [5.41, 5.74) is 1.77. The van der Waals surface area contributed by atoms with E-state index in [4.69, 9.17) is 9.47 Å². The van der Waals surface area contributed by atoms with Crippen molar-refractivity contribution in [2.45, 2.75) is 38.1 Å². The fourth-order valence-electron chi connectivity index (χ4n) is 4.22. The first kappa shape index (κ1) is 23.6. The van der Waals surface area contributed by atoms with E-state index in [1.807, 2.05) is 42.4 Å². The second kappa shape index (κ2) is 11.5. The van der Waals surface area contributed by atoms with E-state index < -0.39 is 0 Å². The van der Waals surface area contributed by atoms with E-state index in [0.717, 1.165) is 62.7 Å². The number of carbonyl (C=O) groups is 1. The standard InChI is InChI=1S/C23H32N4O3.ClH/c1-25(20-5-3-2-4-6-20)23(28)27-17-22(24-18-27)19-7-9-21(10-8-19)30-16-13-26-11-14-29-15-12-26;/h7-10,17-18,20H,2-6,11-16H2,1H3;1H. The van der Waals surface area contributed by atoms with Crippen molar-refractivity contribution in [2.75, 3.05) is 46.5 Å². The number of carbonyl (C=O) groups excluding carboxylic acids is 1. The third-order valence-electron chi connectivity index (χ3n) is 6.16. The lowest BCUT2D eigenvalue weighted by Gasteiger charge is -2.31. The summed E-state index contributed by atoms with van der Waals surface area (Å²) in [6.45, 7) is 5.13. The molecule has 1 amide bonds. The summed E-state index contributed by atoms with van der Waals surface area (Å²) in [5.74, 6) is 0.847. The highest BCUT2D eigenvalue weighted by molar-refractivity contribution is 5.85. The molecule has 1 saturated heterocycles. The Kier molecular flexibility index (Phi) is 8.75. The molecule has 1 saturated carbocycles. The predicted octanol–water partition coefficient (Wildman–Crippen LogP) is 3.92. The predicted molar refractivity (Wildman–Crippen MR) is 123 cm³/mol. The van der Waals surface area contributed by atoms with Gasteiger partial charge in [-0.2, -0.15) is 0 Å². The molecule has 1 aromatic heterocycles. The van der Waals surface area contributed by atoms with Crippen LogP contribution >= 0.6 is 12.4 Å². The molecule has 1 aliphatic heterocycles. The van der Waals surface area contributed by atoms with E-state index in [2.05, 4.69) is 9.88 Å². The van der Waals surface area contributed by atoms with Crippen LogP contribution in [0.15, 0.2) is 36.8 Å². The van der Waals surface area contributed by atoms with Crippen molar-refractivity contribution < 1.29 is 14.3 Å². The van der Waals surface area contributed by atoms with E-state index in [9.17, 15) is 4.79 Å². The van der Waals surface area contributed by atoms with E-state index in [1.54, 1.807) is 10.9 Å². The smallest absolute Gasteiger partial charge is 0.329 e. The molecule has 8 heteroatoms. The average molecular weight is 449 g/mol. The number of aromatic nitrogens is 2. The molecule has 170 valence electrons. The third kappa shape index (κ3) is 6.21. The molecule has 2 fully saturated rings. The summed E-state index contributed by atoms with van der Waals surface area (Å²) in [6.07, 6.45) is 9.31. The van der Waals surface area contributed by atoms with Crippen LogP contribution in [0.3, 0.4) is 0 Å². The number of halogens is 1. The fourth-order valence-corrected chi connectivity index (χ4v) is 4.22. The van der Waals surface area contributed by atoms with Crippen LogP contribution in [0, 0.1) is 0 Å². The molecule has 0 bridgehead atoms. The van der Waals surface area contributed by atoms with Gasteiger partial charge in [-0.05, 0) is 37.1 Å². The zero-order valence-corrected chi connectivity index (χ0v) is 19.1. The van der Waals surface area contributed by atoms with Gasteiger partial charge in [-0.3, -0.25) is 9.47 Å². The summed E-state index contributed by atoms with van der Waals surface area (Å²) in [7, 11) is 1.90. The number of nitrogens with zero attached hydrogens (tertiary/aromatic N) is 4. The Morgan fingerprint density at radius 1 is 1.16 bits per heavy atom. The van der Waals surface area contributed by atoms with Gasteiger partial charge in [0.05, 0.1) is 18.9 Å². The molecular formula is C23H33ClN4O3. The molecule has 2 aliphatic rings. The summed E-state index contributed by atoms with van der Waals surface area (Å²) in [5, 5.41) is 0. The highest BCUT2D eigenvalue weighted by Crippen LogP contribution is 2.24. The molecule has 0 spiro atoms. The summed E-state index contributed by atoms with van der Waals surface area (Å²) < 4.78 is 12.8. The Hall–Kier alpha value is -2.09. The number of benzene rings is 1. The van der Waals surface area contributed by atoms with Crippen molar-refractivity contribution in [3.63, 3.8) is 0 Å². The Bertz CT molecular complexity index is 814. The lowest BCUT2D eigenvalue weighted by Crippen LogP contribution is -2.40. The van der Waals surface area contributed by atoms with Gasteiger partial charge in [0.15, 0.2) is 0 Å². The van der Waals surface area contributed by atoms with Crippen LogP contribution in [0.2, 0.25) is 0 Å². The van der Waals surface area contributed by atoms with Gasteiger partial charge >= 0.3 is 6.03 Å². The van der Waals surface area contributed by atoms with Crippen LogP contribution in [-0.4, -0.2) is 77.9 Å². The van der Waals surface area contributed by atoms with Crippen molar-refractivity contribution in [1.29, 1.82) is 0 Å². The van der Waals surface area contributed by atoms with Crippen LogP contribution in [0.25, 0.3) is 11.3 Å². The number of ether oxygens (including phenoxy) is 2. The van der Waals surface area contributed by atoms with Gasteiger partial charge in [-0.15, -0.1) is 12.4 Å². The van der Waals surface area contributed by atoms with Crippen LogP contribution in [0.4, 0.5) is 4.79 Å². The molecule has 4 rings (SSSR count). The van der Waals surface area contributed by atoms with Crippen LogP contribution in [0.5, 0.6) is 5.75 Å². The number of rotatable bonds is 6. The Labute approximate surface area is 190 Å². The van der Waals surface area contributed by atoms with Crippen LogP contribution < -0.4 is 4.74 Å². The van der Waals surface area contributed by atoms with Gasteiger partial charge in [-0.1, -0.05) is 19.3 Å². The van der Waals surface area contributed by atoms with Gasteiger partial charge in [0.25, 0.3) is 0 Å². The zero-order valence-electron chi connectivity index (χ0n) is 18.2. The molecule has 0 N–H and O–H groups in total. The largest absolute Gasteiger partial charge is 0.492 e. The average Bonchev–Trinajstić information content (AvgIpc) is 3.30. The molecule has 0 radical (unpaired) electrons. The highest BCUT2D eigenvalue weighted by Gasteiger charge is 2.23. The van der Waals surface area contributed by atoms with Crippen LogP contribution in [0.1, 0.15) is 32.1 Å².